The van der Waals surface area contributed by atoms with Gasteiger partial charge in [-0.2, -0.15) is 0 Å². The van der Waals surface area contributed by atoms with E-state index in [1.54, 1.807) is 14.2 Å². The topological polar surface area (TPSA) is 56.8 Å². The first-order valence-electron chi connectivity index (χ1n) is 5.24. The molecule has 0 spiro atoms. The van der Waals surface area contributed by atoms with Crippen LogP contribution in [0.25, 0.3) is 0 Å². The lowest BCUT2D eigenvalue weighted by molar-refractivity contribution is 0.171. The fraction of sp³-hybridized carbons (Fsp3) is 0.417. The largest absolute Gasteiger partial charge is 0.497 e. The standard InChI is InChI=1S/C12H17NO4/c1-15-10-4-5-11(16-2)9(8-10)6-7-13-12(14)17-3/h4-5,8H,6-7H2,1-3H3,(H,13,14). The first-order chi connectivity index (χ1) is 8.21. The van der Waals surface area contributed by atoms with Crippen LogP contribution >= 0.6 is 0 Å². The van der Waals surface area contributed by atoms with Gasteiger partial charge in [0.25, 0.3) is 0 Å². The molecule has 0 aliphatic heterocycles. The van der Waals surface area contributed by atoms with E-state index in [0.29, 0.717) is 13.0 Å². The average Bonchev–Trinajstić information content (AvgIpc) is 2.38. The van der Waals surface area contributed by atoms with Crippen LogP contribution in [0.1, 0.15) is 5.56 Å². The van der Waals surface area contributed by atoms with Gasteiger partial charge in [0.1, 0.15) is 11.5 Å². The van der Waals surface area contributed by atoms with Gasteiger partial charge < -0.3 is 19.5 Å². The Labute approximate surface area is 101 Å². The SMILES string of the molecule is COC(=O)NCCc1cc(OC)ccc1OC. The molecule has 0 saturated carbocycles. The molecule has 0 heterocycles. The predicted molar refractivity (Wildman–Crippen MR) is 63.7 cm³/mol. The van der Waals surface area contributed by atoms with Crippen molar-refractivity contribution in [1.29, 1.82) is 0 Å². The number of nitrogens with one attached hydrogen (secondary N) is 1. The van der Waals surface area contributed by atoms with E-state index in [2.05, 4.69) is 10.1 Å². The first-order valence-corrected chi connectivity index (χ1v) is 5.24. The van der Waals surface area contributed by atoms with Gasteiger partial charge in [-0.1, -0.05) is 0 Å². The molecule has 0 saturated heterocycles. The number of ether oxygens (including phenoxy) is 3. The summed E-state index contributed by atoms with van der Waals surface area (Å²) in [7, 11) is 4.55. The molecule has 5 heteroatoms. The zero-order valence-corrected chi connectivity index (χ0v) is 10.3. The highest BCUT2D eigenvalue weighted by Crippen LogP contribution is 2.23. The number of hydrogen-bond donors (Lipinski definition) is 1. The average molecular weight is 239 g/mol. The van der Waals surface area contributed by atoms with Crippen LogP contribution in [0.4, 0.5) is 4.79 Å². The lowest BCUT2D eigenvalue weighted by atomic mass is 10.1. The second-order valence-corrected chi connectivity index (χ2v) is 3.35. The van der Waals surface area contributed by atoms with Crippen LogP contribution in [-0.2, 0) is 11.2 Å². The number of amides is 1. The number of alkyl carbamates (subject to hydrolysis) is 1. The Hall–Kier alpha value is -1.91. The molecule has 1 rings (SSSR count). The summed E-state index contributed by atoms with van der Waals surface area (Å²) in [6.45, 7) is 0.482. The molecule has 0 radical (unpaired) electrons. The molecule has 0 bridgehead atoms. The molecule has 0 unspecified atom stereocenters. The summed E-state index contributed by atoms with van der Waals surface area (Å²) in [5.41, 5.74) is 0.975. The zero-order valence-electron chi connectivity index (χ0n) is 10.3. The second-order valence-electron chi connectivity index (χ2n) is 3.35. The molecule has 0 aliphatic rings. The maximum absolute atomic E-state index is 10.9. The summed E-state index contributed by atoms with van der Waals surface area (Å²) < 4.78 is 14.8. The van der Waals surface area contributed by atoms with Gasteiger partial charge in [-0.15, -0.1) is 0 Å². The Balaban J connectivity index is 2.64. The van der Waals surface area contributed by atoms with Crippen LogP contribution in [0.15, 0.2) is 18.2 Å². The Morgan fingerprint density at radius 1 is 1.24 bits per heavy atom. The Bertz CT molecular complexity index is 379. The number of methoxy groups -OCH3 is 3. The minimum atomic E-state index is -0.438. The third-order valence-corrected chi connectivity index (χ3v) is 2.34. The lowest BCUT2D eigenvalue weighted by Gasteiger charge is -2.10. The molecule has 1 aromatic rings. The van der Waals surface area contributed by atoms with Gasteiger partial charge in [0.2, 0.25) is 0 Å². The van der Waals surface area contributed by atoms with Crippen molar-refractivity contribution in [3.63, 3.8) is 0 Å². The maximum Gasteiger partial charge on any atom is 0.406 e. The Morgan fingerprint density at radius 3 is 2.59 bits per heavy atom. The predicted octanol–water partition coefficient (Wildman–Crippen LogP) is 1.60. The number of carbonyl (C=O) groups excluding carboxylic acids is 1. The van der Waals surface area contributed by atoms with Crippen molar-refractivity contribution in [2.75, 3.05) is 27.9 Å². The maximum atomic E-state index is 10.9. The highest BCUT2D eigenvalue weighted by Gasteiger charge is 2.05. The van der Waals surface area contributed by atoms with Crippen molar-refractivity contribution < 1.29 is 19.0 Å². The van der Waals surface area contributed by atoms with Crippen molar-refractivity contribution in [3.8, 4) is 11.5 Å². The fourth-order valence-corrected chi connectivity index (χ4v) is 1.45. The highest BCUT2D eigenvalue weighted by molar-refractivity contribution is 5.66. The molecule has 94 valence electrons. The molecule has 1 N–H and O–H groups in total. The quantitative estimate of drug-likeness (QED) is 0.848. The highest BCUT2D eigenvalue weighted by atomic mass is 16.5. The molecule has 0 aromatic heterocycles. The van der Waals surface area contributed by atoms with Gasteiger partial charge in [0.15, 0.2) is 0 Å². The van der Waals surface area contributed by atoms with Crippen LogP contribution in [-0.4, -0.2) is 34.0 Å². The molecule has 0 aliphatic carbocycles. The van der Waals surface area contributed by atoms with Crippen LogP contribution < -0.4 is 14.8 Å². The smallest absolute Gasteiger partial charge is 0.406 e. The molecule has 17 heavy (non-hydrogen) atoms. The first kappa shape index (κ1) is 13.2. The number of carbonyl (C=O) groups is 1. The lowest BCUT2D eigenvalue weighted by Crippen LogP contribution is -2.25. The van der Waals surface area contributed by atoms with Gasteiger partial charge in [-0.05, 0) is 30.2 Å². The van der Waals surface area contributed by atoms with Crippen molar-refractivity contribution in [2.24, 2.45) is 0 Å². The van der Waals surface area contributed by atoms with Crippen molar-refractivity contribution in [1.82, 2.24) is 5.32 Å². The summed E-state index contributed by atoms with van der Waals surface area (Å²) in [6, 6.07) is 5.56. The molecular weight excluding hydrogens is 222 g/mol. The second kappa shape index (κ2) is 6.62. The molecule has 1 amide bonds. The van der Waals surface area contributed by atoms with E-state index in [-0.39, 0.29) is 0 Å². The van der Waals surface area contributed by atoms with Gasteiger partial charge in [-0.25, -0.2) is 4.79 Å². The van der Waals surface area contributed by atoms with Gasteiger partial charge in [0, 0.05) is 6.54 Å². The third-order valence-electron chi connectivity index (χ3n) is 2.34. The summed E-state index contributed by atoms with van der Waals surface area (Å²) in [6.07, 6.45) is 0.210. The Kier molecular flexibility index (Phi) is 5.13. The summed E-state index contributed by atoms with van der Waals surface area (Å²) in [5.74, 6) is 1.54. The monoisotopic (exact) mass is 239 g/mol. The zero-order chi connectivity index (χ0) is 12.7. The third kappa shape index (κ3) is 3.86. The van der Waals surface area contributed by atoms with Crippen molar-refractivity contribution >= 4 is 6.09 Å². The van der Waals surface area contributed by atoms with Gasteiger partial charge >= 0.3 is 6.09 Å². The number of rotatable bonds is 5. The van der Waals surface area contributed by atoms with E-state index < -0.39 is 6.09 Å². The van der Waals surface area contributed by atoms with E-state index in [1.165, 1.54) is 7.11 Å². The summed E-state index contributed by atoms with van der Waals surface area (Å²) in [4.78, 5) is 10.9. The molecule has 0 fully saturated rings. The van der Waals surface area contributed by atoms with E-state index in [9.17, 15) is 4.79 Å². The fourth-order valence-electron chi connectivity index (χ4n) is 1.45. The molecule has 0 atom stereocenters. The van der Waals surface area contributed by atoms with Crippen LogP contribution in [0.2, 0.25) is 0 Å². The molecule has 1 aromatic carbocycles. The van der Waals surface area contributed by atoms with Crippen molar-refractivity contribution in [3.05, 3.63) is 23.8 Å². The van der Waals surface area contributed by atoms with E-state index in [4.69, 9.17) is 9.47 Å². The molecule has 5 nitrogen and oxygen atoms in total. The minimum absolute atomic E-state index is 0.438. The number of benzene rings is 1. The van der Waals surface area contributed by atoms with Gasteiger partial charge in [0.05, 0.1) is 21.3 Å². The normalized spacial score (nSPS) is 9.59. The Morgan fingerprint density at radius 2 is 2.00 bits per heavy atom. The summed E-state index contributed by atoms with van der Waals surface area (Å²) in [5, 5.41) is 2.61. The van der Waals surface area contributed by atoms with Crippen LogP contribution in [0.5, 0.6) is 11.5 Å². The van der Waals surface area contributed by atoms with E-state index in [1.807, 2.05) is 18.2 Å². The minimum Gasteiger partial charge on any atom is -0.497 e. The number of hydrogen-bond acceptors (Lipinski definition) is 4. The summed E-state index contributed by atoms with van der Waals surface area (Å²) >= 11 is 0. The van der Waals surface area contributed by atoms with Crippen molar-refractivity contribution in [2.45, 2.75) is 6.42 Å². The van der Waals surface area contributed by atoms with E-state index >= 15 is 0 Å². The van der Waals surface area contributed by atoms with Gasteiger partial charge in [-0.3, -0.25) is 0 Å². The van der Waals surface area contributed by atoms with Crippen LogP contribution in [0.3, 0.4) is 0 Å². The molecular formula is C12H17NO4. The van der Waals surface area contributed by atoms with Crippen LogP contribution in [0, 0.1) is 0 Å². The van der Waals surface area contributed by atoms with E-state index in [0.717, 1.165) is 17.1 Å².